The molecule has 1 aliphatic heterocycles. The molecule has 0 saturated carbocycles. The largest absolute Gasteiger partial charge is 0.490 e. The molecule has 1 atom stereocenters. The Morgan fingerprint density at radius 2 is 1.91 bits per heavy atom. The molecule has 2 aromatic rings. The van der Waals surface area contributed by atoms with Gasteiger partial charge in [0.05, 0.1) is 23.0 Å². The lowest BCUT2D eigenvalue weighted by molar-refractivity contribution is 0.286. The normalized spacial score (nSPS) is 17.1. The van der Waals surface area contributed by atoms with Crippen molar-refractivity contribution in [2.45, 2.75) is 26.3 Å². The number of benzene rings is 1. The smallest absolute Gasteiger partial charge is 0.161 e. The summed E-state index contributed by atoms with van der Waals surface area (Å²) in [5, 5.41) is 3.62. The predicted molar refractivity (Wildman–Crippen MR) is 94.3 cm³/mol. The molecule has 22 heavy (non-hydrogen) atoms. The molecule has 1 aromatic carbocycles. The van der Waals surface area contributed by atoms with E-state index in [0.717, 1.165) is 28.3 Å². The van der Waals surface area contributed by atoms with Crippen LogP contribution in [0.25, 0.3) is 0 Å². The molecule has 0 amide bonds. The van der Waals surface area contributed by atoms with E-state index in [1.54, 1.807) is 11.3 Å². The molecule has 1 aliphatic rings. The Kier molecular flexibility index (Phi) is 5.06. The van der Waals surface area contributed by atoms with Crippen molar-refractivity contribution in [3.05, 3.63) is 44.1 Å². The van der Waals surface area contributed by atoms with Gasteiger partial charge in [-0.15, -0.1) is 11.3 Å². The van der Waals surface area contributed by atoms with Gasteiger partial charge in [0.15, 0.2) is 11.5 Å². The monoisotopic (exact) mass is 381 g/mol. The summed E-state index contributed by atoms with van der Waals surface area (Å²) in [6, 6.07) is 8.82. The molecule has 0 fully saturated rings. The van der Waals surface area contributed by atoms with Gasteiger partial charge in [0.1, 0.15) is 0 Å². The van der Waals surface area contributed by atoms with E-state index in [0.29, 0.717) is 13.2 Å². The summed E-state index contributed by atoms with van der Waals surface area (Å²) in [7, 11) is 0. The summed E-state index contributed by atoms with van der Waals surface area (Å²) in [4.78, 5) is 1.32. The number of rotatable bonds is 5. The third-order valence-electron chi connectivity index (χ3n) is 3.74. The highest BCUT2D eigenvalue weighted by molar-refractivity contribution is 9.11. The number of fused-ring (bicyclic) bond motifs is 1. The second kappa shape index (κ2) is 7.02. The summed E-state index contributed by atoms with van der Waals surface area (Å²) in [6.07, 6.45) is 1.02. The van der Waals surface area contributed by atoms with Crippen molar-refractivity contribution in [2.24, 2.45) is 0 Å². The molecule has 0 radical (unpaired) electrons. The fraction of sp³-hybridized carbons (Fsp3) is 0.412. The molecule has 0 saturated heterocycles. The molecular weight excluding hydrogens is 362 g/mol. The Morgan fingerprint density at radius 3 is 2.55 bits per heavy atom. The lowest BCUT2D eigenvalue weighted by Crippen LogP contribution is -2.30. The second-order valence-corrected chi connectivity index (χ2v) is 7.64. The highest BCUT2D eigenvalue weighted by Crippen LogP contribution is 2.40. The van der Waals surface area contributed by atoms with Crippen LogP contribution in [0.15, 0.2) is 28.1 Å². The summed E-state index contributed by atoms with van der Waals surface area (Å²) < 4.78 is 12.7. The van der Waals surface area contributed by atoms with E-state index in [-0.39, 0.29) is 6.04 Å². The molecule has 118 valence electrons. The number of thiophene rings is 1. The van der Waals surface area contributed by atoms with Crippen molar-refractivity contribution in [3.8, 4) is 11.5 Å². The summed E-state index contributed by atoms with van der Waals surface area (Å²) >= 11 is 5.33. The Balaban J connectivity index is 2.03. The van der Waals surface area contributed by atoms with Crippen LogP contribution >= 0.6 is 27.3 Å². The van der Waals surface area contributed by atoms with Crippen LogP contribution in [0.3, 0.4) is 0 Å². The molecule has 0 bridgehead atoms. The Morgan fingerprint density at radius 1 is 1.18 bits per heavy atom. The lowest BCUT2D eigenvalue weighted by atomic mass is 9.92. The van der Waals surface area contributed by atoms with E-state index in [2.05, 4.69) is 45.5 Å². The maximum Gasteiger partial charge on any atom is 0.161 e. The predicted octanol–water partition coefficient (Wildman–Crippen LogP) is 4.54. The molecule has 3 rings (SSSR count). The third kappa shape index (κ3) is 3.16. The van der Waals surface area contributed by atoms with Crippen LogP contribution in [0.2, 0.25) is 0 Å². The third-order valence-corrected chi connectivity index (χ3v) is 5.43. The minimum absolute atomic E-state index is 0.231. The molecule has 1 unspecified atom stereocenters. The molecule has 0 aliphatic carbocycles. The molecule has 5 heteroatoms. The van der Waals surface area contributed by atoms with Crippen molar-refractivity contribution < 1.29 is 9.47 Å². The van der Waals surface area contributed by atoms with E-state index >= 15 is 0 Å². The van der Waals surface area contributed by atoms with Gasteiger partial charge in [-0.05, 0) is 71.6 Å². The van der Waals surface area contributed by atoms with Crippen LogP contribution in [0.5, 0.6) is 11.5 Å². The molecular formula is C17H20BrNO2S. The first-order valence-corrected chi connectivity index (χ1v) is 9.25. The molecule has 0 spiro atoms. The van der Waals surface area contributed by atoms with E-state index in [1.807, 2.05) is 13.8 Å². The summed E-state index contributed by atoms with van der Waals surface area (Å²) in [5.41, 5.74) is 2.65. The zero-order valence-corrected chi connectivity index (χ0v) is 15.2. The lowest BCUT2D eigenvalue weighted by Gasteiger charge is -2.27. The highest BCUT2D eigenvalue weighted by Gasteiger charge is 2.25. The van der Waals surface area contributed by atoms with E-state index in [1.165, 1.54) is 16.0 Å². The first-order valence-electron chi connectivity index (χ1n) is 7.64. The highest BCUT2D eigenvalue weighted by atomic mass is 79.9. The minimum Gasteiger partial charge on any atom is -0.490 e. The van der Waals surface area contributed by atoms with Crippen molar-refractivity contribution in [1.29, 1.82) is 0 Å². The first kappa shape index (κ1) is 15.8. The fourth-order valence-corrected chi connectivity index (χ4v) is 4.36. The van der Waals surface area contributed by atoms with Crippen LogP contribution in [-0.4, -0.2) is 19.8 Å². The van der Waals surface area contributed by atoms with Crippen molar-refractivity contribution in [3.63, 3.8) is 0 Å². The van der Waals surface area contributed by atoms with Gasteiger partial charge in [0, 0.05) is 11.4 Å². The van der Waals surface area contributed by atoms with Crippen molar-refractivity contribution in [1.82, 2.24) is 5.32 Å². The van der Waals surface area contributed by atoms with Gasteiger partial charge in [-0.25, -0.2) is 0 Å². The topological polar surface area (TPSA) is 30.5 Å². The molecule has 1 N–H and O–H groups in total. The Bertz CT molecular complexity index is 656. The maximum absolute atomic E-state index is 5.79. The number of ether oxygens (including phenoxy) is 2. The van der Waals surface area contributed by atoms with E-state index < -0.39 is 0 Å². The minimum atomic E-state index is 0.231. The van der Waals surface area contributed by atoms with Crippen LogP contribution in [0, 0.1) is 0 Å². The molecule has 1 aromatic heterocycles. The first-order chi connectivity index (χ1) is 10.7. The van der Waals surface area contributed by atoms with Crippen LogP contribution in [0.1, 0.15) is 35.9 Å². The molecule has 3 nitrogen and oxygen atoms in total. The number of hydrogen-bond donors (Lipinski definition) is 1. The van der Waals surface area contributed by atoms with Gasteiger partial charge in [-0.3, -0.25) is 0 Å². The zero-order chi connectivity index (χ0) is 15.5. The van der Waals surface area contributed by atoms with E-state index in [4.69, 9.17) is 9.47 Å². The summed E-state index contributed by atoms with van der Waals surface area (Å²) in [6.45, 7) is 6.27. The SMILES string of the molecule is CCOc1cc2c(cc1OCC)C(c1ccc(Br)s1)NCC2. The van der Waals surface area contributed by atoms with Crippen molar-refractivity contribution >= 4 is 27.3 Å². The van der Waals surface area contributed by atoms with Gasteiger partial charge < -0.3 is 14.8 Å². The standard InChI is InChI=1S/C17H20BrNO2S/c1-3-20-13-9-11-7-8-19-17(15-5-6-16(18)22-15)12(11)10-14(13)21-4-2/h5-6,9-10,17,19H,3-4,7-8H2,1-2H3. The maximum atomic E-state index is 5.79. The van der Waals surface area contributed by atoms with Crippen LogP contribution < -0.4 is 14.8 Å². The molecule has 2 heterocycles. The van der Waals surface area contributed by atoms with Gasteiger partial charge in [0.2, 0.25) is 0 Å². The number of nitrogens with one attached hydrogen (secondary N) is 1. The van der Waals surface area contributed by atoms with Gasteiger partial charge >= 0.3 is 0 Å². The Labute approximate surface area is 143 Å². The zero-order valence-electron chi connectivity index (χ0n) is 12.8. The Hall–Kier alpha value is -1.04. The number of halogens is 1. The van der Waals surface area contributed by atoms with Gasteiger partial charge in [-0.2, -0.15) is 0 Å². The second-order valence-electron chi connectivity index (χ2n) is 5.14. The van der Waals surface area contributed by atoms with Gasteiger partial charge in [-0.1, -0.05) is 0 Å². The van der Waals surface area contributed by atoms with Crippen LogP contribution in [0.4, 0.5) is 0 Å². The fourth-order valence-electron chi connectivity index (χ4n) is 2.84. The van der Waals surface area contributed by atoms with Crippen LogP contribution in [-0.2, 0) is 6.42 Å². The quantitative estimate of drug-likeness (QED) is 0.824. The average Bonchev–Trinajstić information content (AvgIpc) is 2.94. The summed E-state index contributed by atoms with van der Waals surface area (Å²) in [5.74, 6) is 1.70. The number of hydrogen-bond acceptors (Lipinski definition) is 4. The average molecular weight is 382 g/mol. The van der Waals surface area contributed by atoms with Crippen molar-refractivity contribution in [2.75, 3.05) is 19.8 Å². The van der Waals surface area contributed by atoms with Gasteiger partial charge in [0.25, 0.3) is 0 Å². The van der Waals surface area contributed by atoms with E-state index in [9.17, 15) is 0 Å².